The number of halogens is 2. The van der Waals surface area contributed by atoms with Crippen molar-refractivity contribution < 1.29 is 8.78 Å². The van der Waals surface area contributed by atoms with Gasteiger partial charge in [-0.2, -0.15) is 0 Å². The molecule has 4 heteroatoms. The first-order chi connectivity index (χ1) is 8.70. The maximum atomic E-state index is 13.4. The second-order valence-corrected chi connectivity index (χ2v) is 4.89. The highest BCUT2D eigenvalue weighted by Crippen LogP contribution is 2.15. The van der Waals surface area contributed by atoms with Gasteiger partial charge >= 0.3 is 0 Å². The van der Waals surface area contributed by atoms with E-state index in [2.05, 4.69) is 17.1 Å². The minimum Gasteiger partial charge on any atom is -0.312 e. The Morgan fingerprint density at radius 2 is 2.22 bits per heavy atom. The molecule has 1 N–H and O–H groups in total. The lowest BCUT2D eigenvalue weighted by Crippen LogP contribution is -2.26. The van der Waals surface area contributed by atoms with Gasteiger partial charge in [0.15, 0.2) is 11.6 Å². The molecule has 0 aliphatic carbocycles. The van der Waals surface area contributed by atoms with Crippen LogP contribution < -0.4 is 5.32 Å². The van der Waals surface area contributed by atoms with Gasteiger partial charge in [-0.05, 0) is 38.0 Å². The van der Waals surface area contributed by atoms with Crippen molar-refractivity contribution >= 4 is 0 Å². The Kier molecular flexibility index (Phi) is 4.66. The molecule has 1 aliphatic heterocycles. The van der Waals surface area contributed by atoms with Crippen LogP contribution in [0.25, 0.3) is 0 Å². The van der Waals surface area contributed by atoms with Gasteiger partial charge in [0.1, 0.15) is 0 Å². The molecule has 18 heavy (non-hydrogen) atoms. The number of nitrogens with one attached hydrogen (secondary N) is 1. The van der Waals surface area contributed by atoms with Gasteiger partial charge in [0.05, 0.1) is 0 Å². The van der Waals surface area contributed by atoms with Crippen molar-refractivity contribution in [2.75, 3.05) is 26.2 Å². The number of hydrogen-bond acceptors (Lipinski definition) is 2. The first-order valence-corrected chi connectivity index (χ1v) is 6.56. The van der Waals surface area contributed by atoms with Crippen LogP contribution in [0.2, 0.25) is 0 Å². The van der Waals surface area contributed by atoms with Gasteiger partial charge in [-0.25, -0.2) is 8.78 Å². The van der Waals surface area contributed by atoms with E-state index >= 15 is 0 Å². The fraction of sp³-hybridized carbons (Fsp3) is 0.571. The summed E-state index contributed by atoms with van der Waals surface area (Å²) in [6.45, 7) is 6.78. The van der Waals surface area contributed by atoms with Crippen molar-refractivity contribution in [3.05, 3.63) is 35.4 Å². The van der Waals surface area contributed by atoms with Crippen molar-refractivity contribution in [1.29, 1.82) is 0 Å². The number of rotatable bonds is 5. The van der Waals surface area contributed by atoms with Crippen molar-refractivity contribution in [2.24, 2.45) is 5.92 Å². The van der Waals surface area contributed by atoms with E-state index in [1.807, 2.05) is 0 Å². The normalized spacial score (nSPS) is 20.5. The second kappa shape index (κ2) is 6.25. The van der Waals surface area contributed by atoms with Gasteiger partial charge in [0.2, 0.25) is 0 Å². The van der Waals surface area contributed by atoms with Crippen molar-refractivity contribution in [1.82, 2.24) is 10.2 Å². The van der Waals surface area contributed by atoms with Crippen LogP contribution in [0.5, 0.6) is 0 Å². The van der Waals surface area contributed by atoms with Gasteiger partial charge in [-0.15, -0.1) is 0 Å². The molecule has 0 aromatic heterocycles. The number of likely N-dealkylation sites (tertiary alicyclic amines) is 1. The van der Waals surface area contributed by atoms with E-state index in [-0.39, 0.29) is 0 Å². The summed E-state index contributed by atoms with van der Waals surface area (Å²) in [5, 5.41) is 3.22. The van der Waals surface area contributed by atoms with E-state index in [0.29, 0.717) is 18.0 Å². The lowest BCUT2D eigenvalue weighted by atomic mass is 10.1. The predicted octanol–water partition coefficient (Wildman–Crippen LogP) is 2.40. The molecule has 1 aromatic carbocycles. The Bertz CT molecular complexity index is 395. The molecule has 1 aromatic rings. The van der Waals surface area contributed by atoms with Crippen LogP contribution in [0.15, 0.2) is 18.2 Å². The fourth-order valence-electron chi connectivity index (χ4n) is 2.46. The standard InChI is InChI=1S/C14H20F2N2/c1-2-18-7-6-11(10-18)8-17-9-12-4-3-5-13(15)14(12)16/h3-5,11,17H,2,6-10H2,1H3. The monoisotopic (exact) mass is 254 g/mol. The topological polar surface area (TPSA) is 15.3 Å². The van der Waals surface area contributed by atoms with Gasteiger partial charge in [0.25, 0.3) is 0 Å². The van der Waals surface area contributed by atoms with Gasteiger partial charge in [-0.1, -0.05) is 19.1 Å². The van der Waals surface area contributed by atoms with Gasteiger partial charge in [0, 0.05) is 18.7 Å². The third-order valence-corrected chi connectivity index (χ3v) is 3.60. The molecule has 1 unspecified atom stereocenters. The number of benzene rings is 1. The maximum Gasteiger partial charge on any atom is 0.163 e. The van der Waals surface area contributed by atoms with Crippen molar-refractivity contribution in [2.45, 2.75) is 19.9 Å². The highest BCUT2D eigenvalue weighted by Gasteiger charge is 2.20. The molecule has 1 atom stereocenters. The fourth-order valence-corrected chi connectivity index (χ4v) is 2.46. The van der Waals surface area contributed by atoms with Crippen LogP contribution in [0.3, 0.4) is 0 Å². The summed E-state index contributed by atoms with van der Waals surface area (Å²) in [5.74, 6) is -0.875. The van der Waals surface area contributed by atoms with E-state index in [1.165, 1.54) is 6.42 Å². The van der Waals surface area contributed by atoms with Gasteiger partial charge < -0.3 is 10.2 Å². The van der Waals surface area contributed by atoms with E-state index in [1.54, 1.807) is 12.1 Å². The smallest absolute Gasteiger partial charge is 0.163 e. The molecule has 0 bridgehead atoms. The molecule has 2 rings (SSSR count). The zero-order valence-electron chi connectivity index (χ0n) is 10.8. The summed E-state index contributed by atoms with van der Waals surface area (Å²) in [7, 11) is 0. The van der Waals surface area contributed by atoms with E-state index < -0.39 is 11.6 Å². The predicted molar refractivity (Wildman–Crippen MR) is 68.3 cm³/mol. The van der Waals surface area contributed by atoms with Crippen LogP contribution in [0, 0.1) is 17.6 Å². The van der Waals surface area contributed by atoms with Crippen molar-refractivity contribution in [3.8, 4) is 0 Å². The van der Waals surface area contributed by atoms with Crippen LogP contribution >= 0.6 is 0 Å². The minimum atomic E-state index is -0.771. The summed E-state index contributed by atoms with van der Waals surface area (Å²) in [4.78, 5) is 2.41. The molecular formula is C14H20F2N2. The summed E-state index contributed by atoms with van der Waals surface area (Å²) in [6, 6.07) is 4.32. The Morgan fingerprint density at radius 1 is 1.39 bits per heavy atom. The van der Waals surface area contributed by atoms with E-state index in [9.17, 15) is 8.78 Å². The SMILES string of the molecule is CCN1CCC(CNCc2cccc(F)c2F)C1. The molecule has 0 spiro atoms. The molecule has 2 nitrogen and oxygen atoms in total. The number of hydrogen-bond donors (Lipinski definition) is 1. The third-order valence-electron chi connectivity index (χ3n) is 3.60. The Balaban J connectivity index is 1.77. The minimum absolute atomic E-state index is 0.395. The molecule has 1 heterocycles. The lowest BCUT2D eigenvalue weighted by molar-refractivity contribution is 0.338. The molecular weight excluding hydrogens is 234 g/mol. The van der Waals surface area contributed by atoms with Crippen molar-refractivity contribution in [3.63, 3.8) is 0 Å². The molecule has 0 radical (unpaired) electrons. The Morgan fingerprint density at radius 3 is 2.94 bits per heavy atom. The van der Waals surface area contributed by atoms with Crippen LogP contribution in [0.1, 0.15) is 18.9 Å². The van der Waals surface area contributed by atoms with E-state index in [4.69, 9.17) is 0 Å². The molecule has 1 fully saturated rings. The summed E-state index contributed by atoms with van der Waals surface area (Å²) in [5.41, 5.74) is 0.403. The summed E-state index contributed by atoms with van der Waals surface area (Å²) < 4.78 is 26.4. The van der Waals surface area contributed by atoms with Crippen LogP contribution in [0.4, 0.5) is 8.78 Å². The zero-order chi connectivity index (χ0) is 13.0. The summed E-state index contributed by atoms with van der Waals surface area (Å²) in [6.07, 6.45) is 1.19. The highest BCUT2D eigenvalue weighted by atomic mass is 19.2. The molecule has 1 saturated heterocycles. The third kappa shape index (κ3) is 3.27. The molecule has 100 valence electrons. The molecule has 0 saturated carbocycles. The molecule has 0 amide bonds. The quantitative estimate of drug-likeness (QED) is 0.868. The van der Waals surface area contributed by atoms with Crippen LogP contribution in [-0.4, -0.2) is 31.1 Å². The lowest BCUT2D eigenvalue weighted by Gasteiger charge is -2.14. The second-order valence-electron chi connectivity index (χ2n) is 4.89. The first kappa shape index (κ1) is 13.4. The maximum absolute atomic E-state index is 13.4. The van der Waals surface area contributed by atoms with Crippen LogP contribution in [-0.2, 0) is 6.54 Å². The average Bonchev–Trinajstić information content (AvgIpc) is 2.82. The Labute approximate surface area is 107 Å². The molecule has 1 aliphatic rings. The highest BCUT2D eigenvalue weighted by molar-refractivity contribution is 5.18. The van der Waals surface area contributed by atoms with E-state index in [0.717, 1.165) is 32.2 Å². The Hall–Kier alpha value is -1.00. The average molecular weight is 254 g/mol. The van der Waals surface area contributed by atoms with Gasteiger partial charge in [-0.3, -0.25) is 0 Å². The zero-order valence-corrected chi connectivity index (χ0v) is 10.8. The number of nitrogens with zero attached hydrogens (tertiary/aromatic N) is 1. The first-order valence-electron chi connectivity index (χ1n) is 6.56. The summed E-state index contributed by atoms with van der Waals surface area (Å²) >= 11 is 0. The largest absolute Gasteiger partial charge is 0.312 e.